The fourth-order valence-electron chi connectivity index (χ4n) is 4.68. The molecule has 0 aliphatic heterocycles. The molecule has 6 heteroatoms. The molecule has 0 spiro atoms. The molecule has 1 heterocycles. The Morgan fingerprint density at radius 2 is 1.26 bits per heavy atom. The predicted molar refractivity (Wildman–Crippen MR) is 131 cm³/mol. The summed E-state index contributed by atoms with van der Waals surface area (Å²) in [5.74, 6) is 0. The van der Waals surface area contributed by atoms with E-state index >= 15 is 0 Å². The highest BCUT2D eigenvalue weighted by Crippen LogP contribution is 2.39. The van der Waals surface area contributed by atoms with E-state index in [9.17, 15) is 17.3 Å². The molecule has 0 saturated carbocycles. The highest BCUT2D eigenvalue weighted by atomic mass is 19.5. The van der Waals surface area contributed by atoms with Crippen molar-refractivity contribution in [2.75, 3.05) is 0 Å². The fraction of sp³-hybridized carbons (Fsp3) is 0.179. The van der Waals surface area contributed by atoms with Crippen molar-refractivity contribution in [1.82, 2.24) is 0 Å². The van der Waals surface area contributed by atoms with E-state index in [1.54, 1.807) is 0 Å². The van der Waals surface area contributed by atoms with Gasteiger partial charge >= 0.3 is 7.25 Å². The Labute approximate surface area is 197 Å². The molecule has 34 heavy (non-hydrogen) atoms. The minimum atomic E-state index is -6.00. The van der Waals surface area contributed by atoms with Crippen LogP contribution in [0.4, 0.5) is 17.3 Å². The minimum Gasteiger partial charge on any atom is -0.418 e. The van der Waals surface area contributed by atoms with Crippen molar-refractivity contribution in [2.45, 2.75) is 32.7 Å². The molecule has 0 N–H and O–H groups in total. The zero-order chi connectivity index (χ0) is 24.1. The topological polar surface area (TPSA) is 3.88 Å². The van der Waals surface area contributed by atoms with Gasteiger partial charge in [-0.2, -0.15) is 4.57 Å². The number of pyridine rings is 1. The number of fused-ring (bicyclic) bond motifs is 3. The summed E-state index contributed by atoms with van der Waals surface area (Å²) in [6.45, 7) is 3.30. The van der Waals surface area contributed by atoms with Gasteiger partial charge in [-0.25, -0.2) is 0 Å². The van der Waals surface area contributed by atoms with Gasteiger partial charge < -0.3 is 17.3 Å². The second-order valence-corrected chi connectivity index (χ2v) is 8.31. The van der Waals surface area contributed by atoms with Gasteiger partial charge in [-0.15, -0.1) is 0 Å². The van der Waals surface area contributed by atoms with Gasteiger partial charge in [-0.3, -0.25) is 0 Å². The lowest BCUT2D eigenvalue weighted by Gasteiger charge is -2.23. The van der Waals surface area contributed by atoms with Crippen LogP contribution < -0.4 is 4.57 Å². The lowest BCUT2D eigenvalue weighted by Crippen LogP contribution is -2.41. The zero-order valence-corrected chi connectivity index (χ0v) is 19.0. The van der Waals surface area contributed by atoms with Gasteiger partial charge in [-0.05, 0) is 47.7 Å². The first kappa shape index (κ1) is 23.7. The molecule has 3 aromatic carbocycles. The van der Waals surface area contributed by atoms with E-state index in [-0.39, 0.29) is 0 Å². The van der Waals surface area contributed by atoms with Gasteiger partial charge in [0.25, 0.3) is 0 Å². The normalized spacial score (nSPS) is 12.3. The summed E-state index contributed by atoms with van der Waals surface area (Å²) < 4.78 is 41.6. The van der Waals surface area contributed by atoms with Crippen LogP contribution in [-0.2, 0) is 19.4 Å². The van der Waals surface area contributed by atoms with Gasteiger partial charge in [-0.1, -0.05) is 73.7 Å². The van der Waals surface area contributed by atoms with Gasteiger partial charge in [0, 0.05) is 29.2 Å². The van der Waals surface area contributed by atoms with E-state index in [0.717, 1.165) is 25.8 Å². The van der Waals surface area contributed by atoms with Crippen molar-refractivity contribution in [3.05, 3.63) is 102 Å². The second-order valence-electron chi connectivity index (χ2n) is 8.31. The number of rotatable bonds is 4. The van der Waals surface area contributed by atoms with Crippen LogP contribution in [0.15, 0.2) is 91.0 Å². The molecule has 4 aromatic rings. The van der Waals surface area contributed by atoms with E-state index in [1.807, 2.05) is 0 Å². The summed E-state index contributed by atoms with van der Waals surface area (Å²) in [7, 11) is -6.00. The molecular formula is C28H26BF4N. The summed E-state index contributed by atoms with van der Waals surface area (Å²) in [6.07, 6.45) is 3.32. The van der Waals surface area contributed by atoms with Crippen molar-refractivity contribution in [2.24, 2.45) is 0 Å². The van der Waals surface area contributed by atoms with Gasteiger partial charge in [0.2, 0.25) is 11.4 Å². The van der Waals surface area contributed by atoms with Crippen LogP contribution in [0.1, 0.15) is 24.5 Å². The van der Waals surface area contributed by atoms with Crippen molar-refractivity contribution in [3.8, 4) is 33.6 Å². The molecule has 1 aromatic heterocycles. The lowest BCUT2D eigenvalue weighted by molar-refractivity contribution is -0.675. The number of aromatic nitrogens is 1. The number of halogens is 4. The van der Waals surface area contributed by atoms with Crippen molar-refractivity contribution >= 4 is 7.25 Å². The number of hydrogen-bond donors (Lipinski definition) is 0. The lowest BCUT2D eigenvalue weighted by atomic mass is 9.83. The van der Waals surface area contributed by atoms with Crippen molar-refractivity contribution in [1.29, 1.82) is 0 Å². The summed E-state index contributed by atoms with van der Waals surface area (Å²) in [4.78, 5) is 0. The Bertz CT molecular complexity index is 1250. The SMILES string of the molecule is CCC[n+]1c(-c2ccccc2)cc(-c2ccccc2)c2c1-c1ccccc1CC2.F[B-](F)(F)F. The molecule has 0 saturated heterocycles. The molecule has 174 valence electrons. The molecule has 0 amide bonds. The Morgan fingerprint density at radius 1 is 0.706 bits per heavy atom. The summed E-state index contributed by atoms with van der Waals surface area (Å²) in [5.41, 5.74) is 11.0. The van der Waals surface area contributed by atoms with Crippen LogP contribution in [0.2, 0.25) is 0 Å². The van der Waals surface area contributed by atoms with Crippen molar-refractivity contribution < 1.29 is 21.8 Å². The Kier molecular flexibility index (Phi) is 7.16. The average molecular weight is 463 g/mol. The maximum absolute atomic E-state index is 9.75. The quantitative estimate of drug-likeness (QED) is 0.165. The third-order valence-corrected chi connectivity index (χ3v) is 5.97. The van der Waals surface area contributed by atoms with Crippen LogP contribution in [0.5, 0.6) is 0 Å². The van der Waals surface area contributed by atoms with Gasteiger partial charge in [0.1, 0.15) is 6.54 Å². The molecule has 0 fully saturated rings. The first-order valence-corrected chi connectivity index (χ1v) is 11.5. The molecule has 1 nitrogen and oxygen atoms in total. The van der Waals surface area contributed by atoms with Crippen LogP contribution in [0, 0.1) is 0 Å². The standard InChI is InChI=1S/C28H26N.BF4/c1-2-19-29-27(23-14-7-4-8-15-23)20-26(21-11-5-3-6-12-21)25-18-17-22-13-9-10-16-24(22)28(25)29;2-1(3,4)5/h3-16,20H,2,17-19H2,1H3;/q+1;-1. The van der Waals surface area contributed by atoms with Crippen molar-refractivity contribution in [3.63, 3.8) is 0 Å². The number of benzene rings is 3. The second kappa shape index (κ2) is 10.2. The molecule has 5 rings (SSSR count). The van der Waals surface area contributed by atoms with E-state index in [4.69, 9.17) is 0 Å². The first-order chi connectivity index (χ1) is 16.4. The number of aryl methyl sites for hydroxylation is 1. The van der Waals surface area contributed by atoms with Crippen LogP contribution >= 0.6 is 0 Å². The van der Waals surface area contributed by atoms with E-state index in [0.29, 0.717) is 0 Å². The largest absolute Gasteiger partial charge is 0.673 e. The predicted octanol–water partition coefficient (Wildman–Crippen LogP) is 7.78. The molecular weight excluding hydrogens is 437 g/mol. The third-order valence-electron chi connectivity index (χ3n) is 5.97. The van der Waals surface area contributed by atoms with Gasteiger partial charge in [0.05, 0.1) is 0 Å². The van der Waals surface area contributed by atoms with Gasteiger partial charge in [0.15, 0.2) is 0 Å². The van der Waals surface area contributed by atoms with E-state index < -0.39 is 7.25 Å². The fourth-order valence-corrected chi connectivity index (χ4v) is 4.68. The minimum absolute atomic E-state index is 1.02. The summed E-state index contributed by atoms with van der Waals surface area (Å²) in [6, 6.07) is 33.1. The number of hydrogen-bond acceptors (Lipinski definition) is 0. The highest BCUT2D eigenvalue weighted by molar-refractivity contribution is 6.50. The van der Waals surface area contributed by atoms with E-state index in [2.05, 4.69) is 102 Å². The molecule has 0 unspecified atom stereocenters. The number of nitrogens with zero attached hydrogens (tertiary/aromatic N) is 1. The summed E-state index contributed by atoms with van der Waals surface area (Å²) in [5, 5.41) is 0. The maximum Gasteiger partial charge on any atom is 0.673 e. The Balaban J connectivity index is 0.000000499. The Hall–Kier alpha value is -3.41. The smallest absolute Gasteiger partial charge is 0.418 e. The monoisotopic (exact) mass is 463 g/mol. The molecule has 0 bridgehead atoms. The van der Waals surface area contributed by atoms with Crippen LogP contribution in [0.25, 0.3) is 33.6 Å². The average Bonchev–Trinajstić information content (AvgIpc) is 2.84. The van der Waals surface area contributed by atoms with Crippen LogP contribution in [-0.4, -0.2) is 7.25 Å². The first-order valence-electron chi connectivity index (χ1n) is 11.5. The summed E-state index contributed by atoms with van der Waals surface area (Å²) >= 11 is 0. The highest BCUT2D eigenvalue weighted by Gasteiger charge is 2.31. The maximum atomic E-state index is 9.75. The Morgan fingerprint density at radius 3 is 1.88 bits per heavy atom. The molecule has 1 aliphatic carbocycles. The molecule has 0 radical (unpaired) electrons. The zero-order valence-electron chi connectivity index (χ0n) is 19.0. The van der Waals surface area contributed by atoms with E-state index in [1.165, 1.54) is 44.8 Å². The molecule has 0 atom stereocenters. The third kappa shape index (κ3) is 5.38. The molecule has 1 aliphatic rings. The van der Waals surface area contributed by atoms with Crippen LogP contribution in [0.3, 0.4) is 0 Å².